The quantitative estimate of drug-likeness (QED) is 0.721. The minimum absolute atomic E-state index is 0.00495. The highest BCUT2D eigenvalue weighted by Gasteiger charge is 2.32. The highest BCUT2D eigenvalue weighted by Crippen LogP contribution is 2.20. The SMILES string of the molecule is O=C(C1CCCCCN1)N1CCCC1CO. The maximum atomic E-state index is 12.3. The van der Waals surface area contributed by atoms with Crippen molar-refractivity contribution in [2.45, 2.75) is 50.6 Å². The molecule has 0 bridgehead atoms. The van der Waals surface area contributed by atoms with E-state index in [1.54, 1.807) is 0 Å². The molecular formula is C12H22N2O2. The topological polar surface area (TPSA) is 52.6 Å². The third-order valence-electron chi connectivity index (χ3n) is 3.73. The fourth-order valence-electron chi connectivity index (χ4n) is 2.76. The summed E-state index contributed by atoms with van der Waals surface area (Å²) >= 11 is 0. The number of carbonyl (C=O) groups is 1. The number of amides is 1. The molecule has 0 saturated carbocycles. The van der Waals surface area contributed by atoms with Crippen molar-refractivity contribution in [3.63, 3.8) is 0 Å². The van der Waals surface area contributed by atoms with E-state index in [1.807, 2.05) is 4.90 Å². The van der Waals surface area contributed by atoms with Crippen LogP contribution in [0.3, 0.4) is 0 Å². The van der Waals surface area contributed by atoms with Crippen molar-refractivity contribution in [1.29, 1.82) is 0 Å². The lowest BCUT2D eigenvalue weighted by Crippen LogP contribution is -2.48. The minimum Gasteiger partial charge on any atom is -0.394 e. The van der Waals surface area contributed by atoms with E-state index in [1.165, 1.54) is 12.8 Å². The second-order valence-corrected chi connectivity index (χ2v) is 4.87. The Balaban J connectivity index is 1.94. The number of likely N-dealkylation sites (tertiary alicyclic amines) is 1. The number of aliphatic hydroxyl groups is 1. The van der Waals surface area contributed by atoms with Crippen molar-refractivity contribution in [1.82, 2.24) is 10.2 Å². The van der Waals surface area contributed by atoms with Crippen LogP contribution < -0.4 is 5.32 Å². The Kier molecular flexibility index (Phi) is 4.18. The molecule has 0 spiro atoms. The molecule has 0 aromatic heterocycles. The van der Waals surface area contributed by atoms with Gasteiger partial charge in [0.2, 0.25) is 5.91 Å². The zero-order chi connectivity index (χ0) is 11.4. The Morgan fingerprint density at radius 2 is 2.12 bits per heavy atom. The van der Waals surface area contributed by atoms with Gasteiger partial charge in [0.05, 0.1) is 18.7 Å². The van der Waals surface area contributed by atoms with Crippen LogP contribution in [-0.4, -0.2) is 47.7 Å². The molecule has 2 saturated heterocycles. The zero-order valence-electron chi connectivity index (χ0n) is 9.82. The first-order valence-corrected chi connectivity index (χ1v) is 6.47. The fourth-order valence-corrected chi connectivity index (χ4v) is 2.76. The molecule has 2 heterocycles. The Labute approximate surface area is 97.0 Å². The van der Waals surface area contributed by atoms with E-state index >= 15 is 0 Å². The van der Waals surface area contributed by atoms with Crippen LogP contribution in [0.1, 0.15) is 38.5 Å². The number of rotatable bonds is 2. The third-order valence-corrected chi connectivity index (χ3v) is 3.73. The van der Waals surface area contributed by atoms with Gasteiger partial charge < -0.3 is 15.3 Å². The number of aliphatic hydroxyl groups excluding tert-OH is 1. The van der Waals surface area contributed by atoms with Crippen molar-refractivity contribution in [3.05, 3.63) is 0 Å². The molecule has 16 heavy (non-hydrogen) atoms. The van der Waals surface area contributed by atoms with Crippen LogP contribution in [0.5, 0.6) is 0 Å². The van der Waals surface area contributed by atoms with Gasteiger partial charge in [-0.2, -0.15) is 0 Å². The number of carbonyl (C=O) groups excluding carboxylic acids is 1. The normalized spacial score (nSPS) is 31.4. The molecule has 2 unspecified atom stereocenters. The van der Waals surface area contributed by atoms with Crippen LogP contribution in [0.25, 0.3) is 0 Å². The maximum absolute atomic E-state index is 12.3. The standard InChI is InChI=1S/C12H22N2O2/c15-9-10-5-4-8-14(10)12(16)11-6-2-1-3-7-13-11/h10-11,13,15H,1-9H2. The molecule has 0 aromatic carbocycles. The highest BCUT2D eigenvalue weighted by molar-refractivity contribution is 5.82. The number of hydrogen-bond donors (Lipinski definition) is 2. The van der Waals surface area contributed by atoms with Gasteiger partial charge >= 0.3 is 0 Å². The van der Waals surface area contributed by atoms with E-state index < -0.39 is 0 Å². The molecule has 2 aliphatic rings. The highest BCUT2D eigenvalue weighted by atomic mass is 16.3. The van der Waals surface area contributed by atoms with Crippen molar-refractivity contribution < 1.29 is 9.90 Å². The van der Waals surface area contributed by atoms with E-state index in [9.17, 15) is 9.90 Å². The van der Waals surface area contributed by atoms with Crippen molar-refractivity contribution in [3.8, 4) is 0 Å². The van der Waals surface area contributed by atoms with Crippen LogP contribution in [0.4, 0.5) is 0 Å². The molecule has 92 valence electrons. The predicted molar refractivity (Wildman–Crippen MR) is 62.1 cm³/mol. The van der Waals surface area contributed by atoms with Crippen LogP contribution in [-0.2, 0) is 4.79 Å². The monoisotopic (exact) mass is 226 g/mol. The molecule has 0 radical (unpaired) electrons. The summed E-state index contributed by atoms with van der Waals surface area (Å²) in [6, 6.07) is 0.0622. The summed E-state index contributed by atoms with van der Waals surface area (Å²) in [5.74, 6) is 0.207. The van der Waals surface area contributed by atoms with Crippen molar-refractivity contribution in [2.75, 3.05) is 19.7 Å². The van der Waals surface area contributed by atoms with E-state index in [0.29, 0.717) is 0 Å². The van der Waals surface area contributed by atoms with Gasteiger partial charge in [-0.25, -0.2) is 0 Å². The van der Waals surface area contributed by atoms with Gasteiger partial charge in [0.25, 0.3) is 0 Å². The molecule has 2 rings (SSSR count). The molecule has 2 aliphatic heterocycles. The fraction of sp³-hybridized carbons (Fsp3) is 0.917. The van der Waals surface area contributed by atoms with Gasteiger partial charge in [0, 0.05) is 6.54 Å². The van der Waals surface area contributed by atoms with Gasteiger partial charge in [-0.1, -0.05) is 12.8 Å². The summed E-state index contributed by atoms with van der Waals surface area (Å²) in [6.45, 7) is 1.88. The van der Waals surface area contributed by atoms with Crippen LogP contribution in [0.2, 0.25) is 0 Å². The van der Waals surface area contributed by atoms with Crippen molar-refractivity contribution >= 4 is 5.91 Å². The molecule has 2 N–H and O–H groups in total. The second kappa shape index (κ2) is 5.64. The molecule has 0 aliphatic carbocycles. The Hall–Kier alpha value is -0.610. The van der Waals surface area contributed by atoms with Gasteiger partial charge in [-0.3, -0.25) is 4.79 Å². The zero-order valence-corrected chi connectivity index (χ0v) is 9.82. The van der Waals surface area contributed by atoms with E-state index in [-0.39, 0.29) is 24.6 Å². The summed E-state index contributed by atoms with van der Waals surface area (Å²) in [6.07, 6.45) is 6.47. The first-order valence-electron chi connectivity index (χ1n) is 6.47. The summed E-state index contributed by atoms with van der Waals surface area (Å²) in [7, 11) is 0. The lowest BCUT2D eigenvalue weighted by atomic mass is 10.1. The Morgan fingerprint density at radius 1 is 1.25 bits per heavy atom. The van der Waals surface area contributed by atoms with Gasteiger partial charge in [-0.05, 0) is 32.2 Å². The van der Waals surface area contributed by atoms with E-state index in [0.717, 1.165) is 38.8 Å². The summed E-state index contributed by atoms with van der Waals surface area (Å²) in [4.78, 5) is 14.2. The van der Waals surface area contributed by atoms with Crippen LogP contribution >= 0.6 is 0 Å². The molecular weight excluding hydrogens is 204 g/mol. The van der Waals surface area contributed by atoms with Gasteiger partial charge in [-0.15, -0.1) is 0 Å². The lowest BCUT2D eigenvalue weighted by Gasteiger charge is -2.27. The van der Waals surface area contributed by atoms with E-state index in [4.69, 9.17) is 0 Å². The van der Waals surface area contributed by atoms with Crippen molar-refractivity contribution in [2.24, 2.45) is 0 Å². The van der Waals surface area contributed by atoms with Gasteiger partial charge in [0.15, 0.2) is 0 Å². The molecule has 0 aromatic rings. The first kappa shape index (κ1) is 11.9. The smallest absolute Gasteiger partial charge is 0.240 e. The average molecular weight is 226 g/mol. The molecule has 4 nitrogen and oxygen atoms in total. The molecule has 2 atom stereocenters. The molecule has 4 heteroatoms. The molecule has 2 fully saturated rings. The lowest BCUT2D eigenvalue weighted by molar-refractivity contribution is -0.135. The third kappa shape index (κ3) is 2.55. The largest absolute Gasteiger partial charge is 0.394 e. The summed E-state index contributed by atoms with van der Waals surface area (Å²) < 4.78 is 0. The molecule has 1 amide bonds. The van der Waals surface area contributed by atoms with Crippen LogP contribution in [0.15, 0.2) is 0 Å². The Morgan fingerprint density at radius 3 is 2.94 bits per heavy atom. The maximum Gasteiger partial charge on any atom is 0.240 e. The number of nitrogens with one attached hydrogen (secondary N) is 1. The first-order chi connectivity index (χ1) is 7.83. The summed E-state index contributed by atoms with van der Waals surface area (Å²) in [5.41, 5.74) is 0. The second-order valence-electron chi connectivity index (χ2n) is 4.87. The number of hydrogen-bond acceptors (Lipinski definition) is 3. The van der Waals surface area contributed by atoms with E-state index in [2.05, 4.69) is 5.32 Å². The Bertz CT molecular complexity index is 237. The van der Waals surface area contributed by atoms with Crippen LogP contribution in [0, 0.1) is 0 Å². The van der Waals surface area contributed by atoms with Gasteiger partial charge in [0.1, 0.15) is 0 Å². The predicted octanol–water partition coefficient (Wildman–Crippen LogP) is 0.502. The average Bonchev–Trinajstić information content (AvgIpc) is 2.61. The summed E-state index contributed by atoms with van der Waals surface area (Å²) in [5, 5.41) is 12.6. The number of nitrogens with zero attached hydrogens (tertiary/aromatic N) is 1. The minimum atomic E-state index is -0.00495.